The van der Waals surface area contributed by atoms with Crippen LogP contribution < -0.4 is 16.2 Å². The average molecular weight is 393 g/mol. The van der Waals surface area contributed by atoms with Gasteiger partial charge in [0.15, 0.2) is 5.69 Å². The van der Waals surface area contributed by atoms with Gasteiger partial charge in [0.1, 0.15) is 17.5 Å². The van der Waals surface area contributed by atoms with E-state index in [1.165, 1.54) is 0 Å². The molecule has 1 aliphatic carbocycles. The van der Waals surface area contributed by atoms with Gasteiger partial charge in [0, 0.05) is 31.6 Å². The third kappa shape index (κ3) is 4.17. The van der Waals surface area contributed by atoms with Gasteiger partial charge in [-0.25, -0.2) is 19.2 Å². The Morgan fingerprint density at radius 1 is 1.36 bits per heavy atom. The van der Waals surface area contributed by atoms with Crippen molar-refractivity contribution >= 4 is 5.91 Å². The molecule has 1 saturated heterocycles. The lowest BCUT2D eigenvalue weighted by Crippen LogP contribution is -2.34. The first-order chi connectivity index (χ1) is 13.3. The van der Waals surface area contributed by atoms with Crippen LogP contribution in [-0.2, 0) is 6.54 Å². The van der Waals surface area contributed by atoms with Crippen molar-refractivity contribution in [3.8, 4) is 0 Å². The van der Waals surface area contributed by atoms with Gasteiger partial charge in [0.05, 0.1) is 11.7 Å². The van der Waals surface area contributed by atoms with E-state index >= 15 is 0 Å². The van der Waals surface area contributed by atoms with Gasteiger partial charge in [-0.2, -0.15) is 0 Å². The first-order valence-electron chi connectivity index (χ1n) is 9.91. The number of halogens is 2. The Morgan fingerprint density at radius 3 is 2.71 bits per heavy atom. The number of rotatable bonds is 6. The SMILES string of the molecule is CCNC(=O)c1nc(C)n(CC2=C(F)C=C(F)CC2)c1C1CC(C(C)C)NN1. The van der Waals surface area contributed by atoms with Crippen LogP contribution >= 0.6 is 0 Å². The third-order valence-electron chi connectivity index (χ3n) is 5.45. The molecular formula is C20H29F2N5O. The van der Waals surface area contributed by atoms with E-state index in [2.05, 4.69) is 35.0 Å². The second-order valence-electron chi connectivity index (χ2n) is 7.81. The summed E-state index contributed by atoms with van der Waals surface area (Å²) in [6.45, 7) is 8.70. The predicted octanol–water partition coefficient (Wildman–Crippen LogP) is 3.38. The Hall–Kier alpha value is -2.06. The molecule has 1 aliphatic heterocycles. The van der Waals surface area contributed by atoms with Crippen LogP contribution in [0.2, 0.25) is 0 Å². The fraction of sp³-hybridized carbons (Fsp3) is 0.600. The molecule has 0 saturated carbocycles. The highest BCUT2D eigenvalue weighted by Gasteiger charge is 2.34. The van der Waals surface area contributed by atoms with E-state index < -0.39 is 11.7 Å². The Balaban J connectivity index is 1.99. The molecule has 1 fully saturated rings. The van der Waals surface area contributed by atoms with Gasteiger partial charge in [0.2, 0.25) is 0 Å². The van der Waals surface area contributed by atoms with E-state index in [1.807, 2.05) is 18.4 Å². The van der Waals surface area contributed by atoms with Gasteiger partial charge >= 0.3 is 0 Å². The summed E-state index contributed by atoms with van der Waals surface area (Å²) in [7, 11) is 0. The lowest BCUT2D eigenvalue weighted by molar-refractivity contribution is 0.0949. The molecule has 2 unspecified atom stereocenters. The fourth-order valence-electron chi connectivity index (χ4n) is 3.79. The quantitative estimate of drug-likeness (QED) is 0.693. The lowest BCUT2D eigenvalue weighted by Gasteiger charge is -2.19. The summed E-state index contributed by atoms with van der Waals surface area (Å²) in [5.41, 5.74) is 8.20. The zero-order chi connectivity index (χ0) is 20.4. The number of aryl methyl sites for hydroxylation is 1. The lowest BCUT2D eigenvalue weighted by atomic mass is 9.97. The molecule has 1 amide bonds. The normalized spacial score (nSPS) is 22.8. The molecule has 2 atom stereocenters. The second-order valence-corrected chi connectivity index (χ2v) is 7.81. The average Bonchev–Trinajstić information content (AvgIpc) is 3.23. The number of hydrogen-bond acceptors (Lipinski definition) is 4. The van der Waals surface area contributed by atoms with Crippen molar-refractivity contribution in [3.05, 3.63) is 40.5 Å². The number of amides is 1. The molecule has 3 N–H and O–H groups in total. The minimum atomic E-state index is -0.528. The van der Waals surface area contributed by atoms with Crippen molar-refractivity contribution < 1.29 is 13.6 Å². The summed E-state index contributed by atoms with van der Waals surface area (Å²) in [5.74, 6) is -0.137. The van der Waals surface area contributed by atoms with Gasteiger partial charge in [-0.3, -0.25) is 10.2 Å². The Labute approximate surface area is 164 Å². The Morgan fingerprint density at radius 2 is 2.11 bits per heavy atom. The minimum absolute atomic E-state index is 0.120. The largest absolute Gasteiger partial charge is 0.351 e. The second kappa shape index (κ2) is 8.53. The fourth-order valence-corrected chi connectivity index (χ4v) is 3.79. The van der Waals surface area contributed by atoms with Crippen LogP contribution in [0, 0.1) is 12.8 Å². The highest BCUT2D eigenvalue weighted by molar-refractivity contribution is 5.93. The van der Waals surface area contributed by atoms with Gasteiger partial charge in [-0.15, -0.1) is 0 Å². The molecule has 2 aliphatic rings. The van der Waals surface area contributed by atoms with E-state index in [0.717, 1.165) is 18.2 Å². The number of hydrazine groups is 1. The van der Waals surface area contributed by atoms with Crippen LogP contribution in [-0.4, -0.2) is 28.0 Å². The van der Waals surface area contributed by atoms with Crippen molar-refractivity contribution in [2.45, 2.75) is 65.6 Å². The molecule has 3 rings (SSSR count). The first-order valence-corrected chi connectivity index (χ1v) is 9.91. The van der Waals surface area contributed by atoms with Crippen molar-refractivity contribution in [1.82, 2.24) is 25.7 Å². The molecule has 8 heteroatoms. The van der Waals surface area contributed by atoms with E-state index in [0.29, 0.717) is 36.0 Å². The highest BCUT2D eigenvalue weighted by atomic mass is 19.1. The number of allylic oxidation sites excluding steroid dienone is 4. The summed E-state index contributed by atoms with van der Waals surface area (Å²) >= 11 is 0. The third-order valence-corrected chi connectivity index (χ3v) is 5.45. The number of nitrogens with zero attached hydrogens (tertiary/aromatic N) is 2. The molecule has 1 aromatic rings. The number of carbonyl (C=O) groups excluding carboxylic acids is 1. The summed E-state index contributed by atoms with van der Waals surface area (Å²) in [4.78, 5) is 17.1. The summed E-state index contributed by atoms with van der Waals surface area (Å²) in [6, 6.07) is 0.143. The van der Waals surface area contributed by atoms with E-state index in [4.69, 9.17) is 0 Å². The maximum absolute atomic E-state index is 14.3. The zero-order valence-electron chi connectivity index (χ0n) is 16.9. The molecule has 0 radical (unpaired) electrons. The van der Waals surface area contributed by atoms with Crippen LogP contribution in [0.25, 0.3) is 0 Å². The maximum Gasteiger partial charge on any atom is 0.271 e. The molecular weight excluding hydrogens is 364 g/mol. The van der Waals surface area contributed by atoms with Crippen molar-refractivity contribution in [2.75, 3.05) is 6.54 Å². The van der Waals surface area contributed by atoms with Crippen LogP contribution in [0.3, 0.4) is 0 Å². The first kappa shape index (κ1) is 20.7. The van der Waals surface area contributed by atoms with E-state index in [1.54, 1.807) is 0 Å². The summed E-state index contributed by atoms with van der Waals surface area (Å²) in [6.07, 6.45) is 2.28. The van der Waals surface area contributed by atoms with Crippen LogP contribution in [0.1, 0.15) is 68.1 Å². The minimum Gasteiger partial charge on any atom is -0.351 e. The van der Waals surface area contributed by atoms with E-state index in [9.17, 15) is 13.6 Å². The van der Waals surface area contributed by atoms with Crippen molar-refractivity contribution in [2.24, 2.45) is 5.92 Å². The molecule has 28 heavy (non-hydrogen) atoms. The topological polar surface area (TPSA) is 71.0 Å². The Bertz CT molecular complexity index is 812. The number of hydrogen-bond donors (Lipinski definition) is 3. The van der Waals surface area contributed by atoms with Gasteiger partial charge in [-0.1, -0.05) is 13.8 Å². The number of carbonyl (C=O) groups is 1. The molecule has 0 bridgehead atoms. The van der Waals surface area contributed by atoms with Crippen molar-refractivity contribution in [1.29, 1.82) is 0 Å². The summed E-state index contributed by atoms with van der Waals surface area (Å²) < 4.78 is 29.5. The zero-order valence-corrected chi connectivity index (χ0v) is 16.9. The maximum atomic E-state index is 14.3. The number of imidazole rings is 1. The van der Waals surface area contributed by atoms with Crippen LogP contribution in [0.5, 0.6) is 0 Å². The molecule has 0 spiro atoms. The van der Waals surface area contributed by atoms with E-state index in [-0.39, 0.29) is 31.0 Å². The smallest absolute Gasteiger partial charge is 0.271 e. The Kier molecular flexibility index (Phi) is 6.30. The van der Waals surface area contributed by atoms with Gasteiger partial charge < -0.3 is 9.88 Å². The summed E-state index contributed by atoms with van der Waals surface area (Å²) in [5, 5.41) is 2.81. The standard InChI is InChI=1S/C20H29F2N5O/c1-5-23-20(28)18-19(17-9-16(11(2)3)25-26-17)27(12(4)24-18)10-13-6-7-14(21)8-15(13)22/h8,11,16-17,25-26H,5-7,9-10H2,1-4H3,(H,23,28). The number of aromatic nitrogens is 2. The molecule has 6 nitrogen and oxygen atoms in total. The van der Waals surface area contributed by atoms with Gasteiger partial charge in [0.25, 0.3) is 5.91 Å². The monoisotopic (exact) mass is 393 g/mol. The molecule has 154 valence electrons. The number of nitrogens with one attached hydrogen (secondary N) is 3. The molecule has 0 aromatic carbocycles. The van der Waals surface area contributed by atoms with Gasteiger partial charge in [-0.05, 0) is 38.2 Å². The highest BCUT2D eigenvalue weighted by Crippen LogP contribution is 2.32. The predicted molar refractivity (Wildman–Crippen MR) is 104 cm³/mol. The molecule has 1 aromatic heterocycles. The van der Waals surface area contributed by atoms with Crippen LogP contribution in [0.15, 0.2) is 23.3 Å². The van der Waals surface area contributed by atoms with Crippen molar-refractivity contribution in [3.63, 3.8) is 0 Å². The van der Waals surface area contributed by atoms with Crippen LogP contribution in [0.4, 0.5) is 8.78 Å². The molecule has 2 heterocycles.